The lowest BCUT2D eigenvalue weighted by Crippen LogP contribution is -2.35. The van der Waals surface area contributed by atoms with E-state index in [9.17, 15) is 4.79 Å². The smallest absolute Gasteiger partial charge is 0.315 e. The van der Waals surface area contributed by atoms with Gasteiger partial charge in [0.25, 0.3) is 0 Å². The summed E-state index contributed by atoms with van der Waals surface area (Å²) in [6.07, 6.45) is 3.68. The molecule has 6 nitrogen and oxygen atoms in total. The van der Waals surface area contributed by atoms with Gasteiger partial charge in [0.2, 0.25) is 0 Å². The summed E-state index contributed by atoms with van der Waals surface area (Å²) >= 11 is 0. The van der Waals surface area contributed by atoms with Crippen LogP contribution in [0.5, 0.6) is 0 Å². The van der Waals surface area contributed by atoms with Crippen LogP contribution >= 0.6 is 0 Å². The number of hydrogen-bond donors (Lipinski definition) is 2. The van der Waals surface area contributed by atoms with E-state index in [4.69, 9.17) is 4.74 Å². The van der Waals surface area contributed by atoms with E-state index in [1.807, 2.05) is 59.4 Å². The van der Waals surface area contributed by atoms with Crippen LogP contribution in [0.15, 0.2) is 67.0 Å². The zero-order valence-corrected chi connectivity index (χ0v) is 15.4. The van der Waals surface area contributed by atoms with E-state index < -0.39 is 0 Å². The first-order chi connectivity index (χ1) is 13.3. The Labute approximate surface area is 159 Å². The number of methoxy groups -OCH3 is 1. The molecule has 6 heteroatoms. The summed E-state index contributed by atoms with van der Waals surface area (Å²) in [5, 5.41) is 10.1. The summed E-state index contributed by atoms with van der Waals surface area (Å²) in [5.74, 6) is 0. The zero-order chi connectivity index (χ0) is 18.9. The van der Waals surface area contributed by atoms with Gasteiger partial charge in [-0.05, 0) is 28.3 Å². The quantitative estimate of drug-likeness (QED) is 0.645. The Morgan fingerprint density at radius 1 is 0.926 bits per heavy atom. The predicted molar refractivity (Wildman–Crippen MR) is 104 cm³/mol. The Morgan fingerprint density at radius 3 is 2.11 bits per heavy atom. The number of carbonyl (C=O) groups excluding carboxylic acids is 1. The van der Waals surface area contributed by atoms with Gasteiger partial charge in [-0.1, -0.05) is 48.5 Å². The van der Waals surface area contributed by atoms with Crippen molar-refractivity contribution in [3.05, 3.63) is 89.2 Å². The van der Waals surface area contributed by atoms with Crippen LogP contribution in [0.3, 0.4) is 0 Å². The van der Waals surface area contributed by atoms with Crippen molar-refractivity contribution < 1.29 is 9.53 Å². The number of urea groups is 1. The van der Waals surface area contributed by atoms with Crippen LogP contribution in [-0.2, 0) is 31.0 Å². The van der Waals surface area contributed by atoms with Gasteiger partial charge in [-0.25, -0.2) is 4.79 Å². The van der Waals surface area contributed by atoms with Gasteiger partial charge >= 0.3 is 6.03 Å². The van der Waals surface area contributed by atoms with Crippen molar-refractivity contribution in [1.29, 1.82) is 0 Å². The number of nitrogens with zero attached hydrogens (tertiary/aromatic N) is 2. The van der Waals surface area contributed by atoms with E-state index >= 15 is 0 Å². The van der Waals surface area contributed by atoms with Crippen molar-refractivity contribution in [3.63, 3.8) is 0 Å². The van der Waals surface area contributed by atoms with Crippen molar-refractivity contribution in [2.24, 2.45) is 0 Å². The third kappa shape index (κ3) is 5.43. The molecule has 3 aromatic rings. The molecule has 0 fully saturated rings. The molecule has 0 saturated carbocycles. The zero-order valence-electron chi connectivity index (χ0n) is 15.4. The first-order valence-corrected chi connectivity index (χ1v) is 8.88. The highest BCUT2D eigenvalue weighted by atomic mass is 16.5. The van der Waals surface area contributed by atoms with E-state index in [-0.39, 0.29) is 6.03 Å². The number of rotatable bonds is 8. The van der Waals surface area contributed by atoms with Crippen LogP contribution < -0.4 is 10.6 Å². The molecule has 3 rings (SSSR count). The molecule has 0 aliphatic rings. The molecular formula is C21H24N4O2. The lowest BCUT2D eigenvalue weighted by molar-refractivity contribution is 0.184. The molecule has 2 aromatic carbocycles. The van der Waals surface area contributed by atoms with Gasteiger partial charge in [-0.2, -0.15) is 5.10 Å². The summed E-state index contributed by atoms with van der Waals surface area (Å²) in [5.41, 5.74) is 4.33. The fourth-order valence-electron chi connectivity index (χ4n) is 2.89. The molecule has 140 valence electrons. The number of ether oxygens (including phenoxy) is 1. The average Bonchev–Trinajstić information content (AvgIpc) is 3.20. The molecule has 2 amide bonds. The van der Waals surface area contributed by atoms with Crippen LogP contribution in [0.4, 0.5) is 4.79 Å². The van der Waals surface area contributed by atoms with Gasteiger partial charge in [0, 0.05) is 32.6 Å². The highest BCUT2D eigenvalue weighted by Gasteiger charge is 2.07. The van der Waals surface area contributed by atoms with Crippen LogP contribution in [0.2, 0.25) is 0 Å². The Morgan fingerprint density at radius 2 is 1.52 bits per heavy atom. The van der Waals surface area contributed by atoms with E-state index in [0.29, 0.717) is 26.2 Å². The van der Waals surface area contributed by atoms with E-state index in [0.717, 1.165) is 22.3 Å². The molecule has 0 spiro atoms. The maximum absolute atomic E-state index is 12.2. The number of hydrogen-bond acceptors (Lipinski definition) is 3. The van der Waals surface area contributed by atoms with Crippen LogP contribution in [0, 0.1) is 0 Å². The third-order valence-electron chi connectivity index (χ3n) is 4.31. The van der Waals surface area contributed by atoms with Crippen molar-refractivity contribution in [3.8, 4) is 0 Å². The van der Waals surface area contributed by atoms with Gasteiger partial charge < -0.3 is 15.4 Å². The van der Waals surface area contributed by atoms with Gasteiger partial charge in [0.15, 0.2) is 0 Å². The topological polar surface area (TPSA) is 68.2 Å². The second-order valence-electron chi connectivity index (χ2n) is 6.21. The van der Waals surface area contributed by atoms with E-state index in [1.54, 1.807) is 13.3 Å². The van der Waals surface area contributed by atoms with E-state index in [1.165, 1.54) is 0 Å². The SMILES string of the molecule is COCc1ccccc1CNC(=O)NCc1ccccc1Cn1cccn1. The van der Waals surface area contributed by atoms with Crippen molar-refractivity contribution in [1.82, 2.24) is 20.4 Å². The Balaban J connectivity index is 1.54. The lowest BCUT2D eigenvalue weighted by atomic mass is 10.1. The number of carbonyl (C=O) groups is 1. The van der Waals surface area contributed by atoms with Gasteiger partial charge in [0.1, 0.15) is 0 Å². The Hall–Kier alpha value is -3.12. The van der Waals surface area contributed by atoms with Crippen LogP contribution in [0.25, 0.3) is 0 Å². The molecule has 27 heavy (non-hydrogen) atoms. The minimum atomic E-state index is -0.198. The second kappa shape index (κ2) is 9.54. The maximum atomic E-state index is 12.2. The number of benzene rings is 2. The highest BCUT2D eigenvalue weighted by Crippen LogP contribution is 2.11. The molecule has 0 aliphatic carbocycles. The summed E-state index contributed by atoms with van der Waals surface area (Å²) < 4.78 is 7.07. The lowest BCUT2D eigenvalue weighted by Gasteiger charge is -2.13. The van der Waals surface area contributed by atoms with Crippen molar-refractivity contribution in [2.75, 3.05) is 7.11 Å². The normalized spacial score (nSPS) is 10.6. The molecule has 0 atom stereocenters. The minimum Gasteiger partial charge on any atom is -0.380 e. The van der Waals surface area contributed by atoms with Gasteiger partial charge in [0.05, 0.1) is 13.2 Å². The minimum absolute atomic E-state index is 0.198. The molecule has 1 aromatic heterocycles. The van der Waals surface area contributed by atoms with Crippen LogP contribution in [0.1, 0.15) is 22.3 Å². The second-order valence-corrected chi connectivity index (χ2v) is 6.21. The van der Waals surface area contributed by atoms with Crippen molar-refractivity contribution in [2.45, 2.75) is 26.2 Å². The first-order valence-electron chi connectivity index (χ1n) is 8.88. The summed E-state index contributed by atoms with van der Waals surface area (Å²) in [6, 6.07) is 17.7. The third-order valence-corrected chi connectivity index (χ3v) is 4.31. The van der Waals surface area contributed by atoms with E-state index in [2.05, 4.69) is 21.8 Å². The number of nitrogens with one attached hydrogen (secondary N) is 2. The maximum Gasteiger partial charge on any atom is 0.315 e. The summed E-state index contributed by atoms with van der Waals surface area (Å²) in [4.78, 5) is 12.2. The molecule has 0 bridgehead atoms. The fourth-order valence-corrected chi connectivity index (χ4v) is 2.89. The number of aromatic nitrogens is 2. The van der Waals surface area contributed by atoms with Crippen molar-refractivity contribution >= 4 is 6.03 Å². The average molecular weight is 364 g/mol. The molecule has 0 saturated heterocycles. The highest BCUT2D eigenvalue weighted by molar-refractivity contribution is 5.73. The Kier molecular flexibility index (Phi) is 6.60. The molecule has 1 heterocycles. The predicted octanol–water partition coefficient (Wildman–Crippen LogP) is 3.08. The largest absolute Gasteiger partial charge is 0.380 e. The van der Waals surface area contributed by atoms with Crippen LogP contribution in [-0.4, -0.2) is 22.9 Å². The first kappa shape index (κ1) is 18.7. The monoisotopic (exact) mass is 364 g/mol. The molecule has 0 aliphatic heterocycles. The molecule has 0 radical (unpaired) electrons. The standard InChI is InChI=1S/C21H24N4O2/c1-27-16-20-10-5-3-8-18(20)14-23-21(26)22-13-17-7-2-4-9-19(17)15-25-12-6-11-24-25/h2-12H,13-16H2,1H3,(H2,22,23,26). The van der Waals surface area contributed by atoms with Gasteiger partial charge in [-0.15, -0.1) is 0 Å². The number of amides is 2. The summed E-state index contributed by atoms with van der Waals surface area (Å²) in [7, 11) is 1.66. The molecule has 2 N–H and O–H groups in total. The fraction of sp³-hybridized carbons (Fsp3) is 0.238. The van der Waals surface area contributed by atoms with Gasteiger partial charge in [-0.3, -0.25) is 4.68 Å². The molecular weight excluding hydrogens is 340 g/mol. The Bertz CT molecular complexity index is 862. The molecule has 0 unspecified atom stereocenters. The summed E-state index contributed by atoms with van der Waals surface area (Å²) in [6.45, 7) is 2.13.